The van der Waals surface area contributed by atoms with Crippen LogP contribution in [0.3, 0.4) is 0 Å². The molecule has 1 aromatic carbocycles. The van der Waals surface area contributed by atoms with Gasteiger partial charge in [-0.1, -0.05) is 19.9 Å². The predicted octanol–water partition coefficient (Wildman–Crippen LogP) is 3.13. The van der Waals surface area contributed by atoms with Crippen LogP contribution in [0.2, 0.25) is 0 Å². The zero-order valence-corrected chi connectivity index (χ0v) is 21.4. The molecule has 9 nitrogen and oxygen atoms in total. The molecule has 3 N–H and O–H groups in total. The Morgan fingerprint density at radius 1 is 1.26 bits per heavy atom. The minimum atomic E-state index is -1.02. The van der Waals surface area contributed by atoms with Gasteiger partial charge in [-0.2, -0.15) is 0 Å². The van der Waals surface area contributed by atoms with Crippen molar-refractivity contribution in [2.45, 2.75) is 46.1 Å². The number of benzene rings is 1. The van der Waals surface area contributed by atoms with Gasteiger partial charge in [-0.3, -0.25) is 4.79 Å². The Bertz CT molecular complexity index is 1000. The first-order valence-corrected chi connectivity index (χ1v) is 12.7. The van der Waals surface area contributed by atoms with Crippen molar-refractivity contribution < 1.29 is 28.9 Å². The van der Waals surface area contributed by atoms with Gasteiger partial charge in [0, 0.05) is 30.8 Å². The van der Waals surface area contributed by atoms with Crippen LogP contribution < -0.4 is 15.4 Å². The Kier molecular flexibility index (Phi) is 9.88. The van der Waals surface area contributed by atoms with Crippen LogP contribution in [0.25, 0.3) is 0 Å². The smallest absolute Gasteiger partial charge is 0.327 e. The highest BCUT2D eigenvalue weighted by Crippen LogP contribution is 2.28. The zero-order valence-electron chi connectivity index (χ0n) is 20.6. The lowest BCUT2D eigenvalue weighted by atomic mass is 9.97. The molecule has 1 aromatic heterocycles. The van der Waals surface area contributed by atoms with Gasteiger partial charge < -0.3 is 30.0 Å². The maximum atomic E-state index is 12.5. The highest BCUT2D eigenvalue weighted by molar-refractivity contribution is 7.15. The molecule has 192 valence electrons. The molecule has 1 atom stereocenters. The fourth-order valence-corrected chi connectivity index (χ4v) is 4.69. The number of thiazole rings is 1. The average molecular weight is 506 g/mol. The lowest BCUT2D eigenvalue weighted by Crippen LogP contribution is -2.36. The van der Waals surface area contributed by atoms with Crippen molar-refractivity contribution in [2.75, 3.05) is 44.4 Å². The minimum Gasteiger partial charge on any atom is -0.493 e. The fraction of sp³-hybridized carbons (Fsp3) is 0.560. The Balaban J connectivity index is 1.66. The van der Waals surface area contributed by atoms with Crippen LogP contribution in [-0.2, 0) is 31.9 Å². The number of aliphatic carboxylic acids is 1. The molecule has 0 bridgehead atoms. The number of nitrogens with zero attached hydrogens (tertiary/aromatic N) is 2. The first-order chi connectivity index (χ1) is 16.7. The second-order valence-electron chi connectivity index (χ2n) is 8.95. The molecule has 0 saturated carbocycles. The molecule has 1 saturated heterocycles. The van der Waals surface area contributed by atoms with E-state index in [4.69, 9.17) is 30.0 Å². The van der Waals surface area contributed by atoms with E-state index in [0.29, 0.717) is 29.9 Å². The maximum Gasteiger partial charge on any atom is 0.327 e. The minimum absolute atomic E-state index is 0.0600. The summed E-state index contributed by atoms with van der Waals surface area (Å²) in [4.78, 5) is 31.8. The van der Waals surface area contributed by atoms with Crippen molar-refractivity contribution >= 4 is 28.4 Å². The zero-order chi connectivity index (χ0) is 25.4. The number of carbonyl (C=O) groups excluding carboxylic acids is 1. The molecule has 1 aliphatic heterocycles. The summed E-state index contributed by atoms with van der Waals surface area (Å²) in [5.41, 5.74) is 8.44. The van der Waals surface area contributed by atoms with Crippen molar-refractivity contribution in [2.24, 2.45) is 11.7 Å². The summed E-state index contributed by atoms with van der Waals surface area (Å²) in [6.07, 6.45) is 0.846. The lowest BCUT2D eigenvalue weighted by molar-refractivity contribution is -0.146. The standard InChI is InChI=1S/C25H35N3O6S/c1-16(2)15-34-24(31)23(26)20-14-19(6-4-18(20)5-7-22(29)30)33-11-8-21-17(3)35-25(27-21)28-9-12-32-13-10-28/h4,6,14,16,23H,5,7-13,15,26H2,1-3H3,(H,29,30). The van der Waals surface area contributed by atoms with Crippen molar-refractivity contribution in [3.63, 3.8) is 0 Å². The molecule has 0 amide bonds. The fourth-order valence-electron chi connectivity index (χ4n) is 3.69. The van der Waals surface area contributed by atoms with E-state index in [1.54, 1.807) is 29.5 Å². The summed E-state index contributed by atoms with van der Waals surface area (Å²) in [5, 5.41) is 10.1. The second-order valence-corrected chi connectivity index (χ2v) is 10.1. The summed E-state index contributed by atoms with van der Waals surface area (Å²) in [5.74, 6) is -0.707. The highest BCUT2D eigenvalue weighted by Gasteiger charge is 2.22. The number of rotatable bonds is 12. The van der Waals surface area contributed by atoms with Gasteiger partial charge in [-0.15, -0.1) is 11.3 Å². The number of carboxylic acid groups (broad SMARTS) is 1. The Hall–Kier alpha value is -2.69. The van der Waals surface area contributed by atoms with E-state index in [-0.39, 0.29) is 25.4 Å². The summed E-state index contributed by atoms with van der Waals surface area (Å²) >= 11 is 1.68. The van der Waals surface area contributed by atoms with Gasteiger partial charge in [0.1, 0.15) is 11.8 Å². The van der Waals surface area contributed by atoms with Gasteiger partial charge in [-0.05, 0) is 42.5 Å². The van der Waals surface area contributed by atoms with Crippen LogP contribution in [-0.4, -0.2) is 61.5 Å². The molecule has 35 heavy (non-hydrogen) atoms. The molecule has 0 aliphatic carbocycles. The Labute approximate surface area is 210 Å². The first kappa shape index (κ1) is 26.9. The number of anilines is 1. The number of aryl methyl sites for hydroxylation is 2. The third-order valence-corrected chi connectivity index (χ3v) is 6.72. The second kappa shape index (κ2) is 12.9. The number of aromatic nitrogens is 1. The summed E-state index contributed by atoms with van der Waals surface area (Å²) in [6, 6.07) is 4.25. The van der Waals surface area contributed by atoms with E-state index >= 15 is 0 Å². The van der Waals surface area contributed by atoms with E-state index in [9.17, 15) is 9.59 Å². The van der Waals surface area contributed by atoms with Crippen LogP contribution in [0.5, 0.6) is 5.75 Å². The maximum absolute atomic E-state index is 12.5. The molecule has 1 fully saturated rings. The molecule has 0 spiro atoms. The molecule has 1 aliphatic rings. The van der Waals surface area contributed by atoms with Gasteiger partial charge >= 0.3 is 11.9 Å². The van der Waals surface area contributed by atoms with Gasteiger partial charge in [0.25, 0.3) is 0 Å². The number of carboxylic acids is 1. The number of nitrogens with two attached hydrogens (primary N) is 1. The topological polar surface area (TPSA) is 124 Å². The quantitative estimate of drug-likeness (QED) is 0.419. The predicted molar refractivity (Wildman–Crippen MR) is 134 cm³/mol. The molecule has 0 radical (unpaired) electrons. The first-order valence-electron chi connectivity index (χ1n) is 11.9. The summed E-state index contributed by atoms with van der Waals surface area (Å²) in [6.45, 7) is 9.76. The summed E-state index contributed by atoms with van der Waals surface area (Å²) in [7, 11) is 0. The molecule has 10 heteroatoms. The largest absolute Gasteiger partial charge is 0.493 e. The summed E-state index contributed by atoms with van der Waals surface area (Å²) < 4.78 is 16.7. The van der Waals surface area contributed by atoms with Crippen molar-refractivity contribution in [1.29, 1.82) is 0 Å². The molecule has 1 unspecified atom stereocenters. The molecule has 3 rings (SSSR count). The number of ether oxygens (including phenoxy) is 3. The van der Waals surface area contributed by atoms with Crippen molar-refractivity contribution in [3.8, 4) is 5.75 Å². The van der Waals surface area contributed by atoms with Crippen LogP contribution in [0, 0.1) is 12.8 Å². The number of esters is 1. The molecular formula is C25H35N3O6S. The SMILES string of the molecule is Cc1sc(N2CCOCC2)nc1CCOc1ccc(CCC(=O)O)c(C(N)C(=O)OCC(C)C)c1. The van der Waals surface area contributed by atoms with Crippen molar-refractivity contribution in [3.05, 3.63) is 39.9 Å². The van der Waals surface area contributed by atoms with Crippen LogP contribution in [0.15, 0.2) is 18.2 Å². The van der Waals surface area contributed by atoms with Crippen LogP contribution in [0.4, 0.5) is 5.13 Å². The highest BCUT2D eigenvalue weighted by atomic mass is 32.1. The van der Waals surface area contributed by atoms with Crippen LogP contribution in [0.1, 0.15) is 48.0 Å². The Morgan fingerprint density at radius 3 is 2.69 bits per heavy atom. The van der Waals surface area contributed by atoms with E-state index in [1.807, 2.05) is 13.8 Å². The molecule has 2 aromatic rings. The van der Waals surface area contributed by atoms with Gasteiger partial charge in [0.2, 0.25) is 0 Å². The molecular weight excluding hydrogens is 470 g/mol. The monoisotopic (exact) mass is 505 g/mol. The van der Waals surface area contributed by atoms with Gasteiger partial charge in [-0.25, -0.2) is 9.78 Å². The van der Waals surface area contributed by atoms with E-state index in [2.05, 4.69) is 11.8 Å². The van der Waals surface area contributed by atoms with E-state index in [0.717, 1.165) is 42.0 Å². The molecule has 2 heterocycles. The number of hydrogen-bond donors (Lipinski definition) is 2. The van der Waals surface area contributed by atoms with E-state index < -0.39 is 18.0 Å². The van der Waals surface area contributed by atoms with Crippen molar-refractivity contribution in [1.82, 2.24) is 4.98 Å². The Morgan fingerprint density at radius 2 is 2.00 bits per heavy atom. The third-order valence-electron chi connectivity index (χ3n) is 5.64. The lowest BCUT2D eigenvalue weighted by Gasteiger charge is -2.26. The van der Waals surface area contributed by atoms with Crippen LogP contribution >= 0.6 is 11.3 Å². The van der Waals surface area contributed by atoms with Gasteiger partial charge in [0.05, 0.1) is 32.1 Å². The van der Waals surface area contributed by atoms with E-state index in [1.165, 1.54) is 0 Å². The number of morpholine rings is 1. The number of hydrogen-bond acceptors (Lipinski definition) is 9. The average Bonchev–Trinajstić information content (AvgIpc) is 3.22. The third kappa shape index (κ3) is 7.91. The number of carbonyl (C=O) groups is 2. The van der Waals surface area contributed by atoms with Gasteiger partial charge in [0.15, 0.2) is 5.13 Å². The normalized spacial score (nSPS) is 14.7.